The van der Waals surface area contributed by atoms with Gasteiger partial charge in [0.05, 0.1) is 21.0 Å². The summed E-state index contributed by atoms with van der Waals surface area (Å²) in [5.41, 5.74) is 1.22. The molecular weight excluding hydrogens is 405 g/mol. The Bertz CT molecular complexity index is 948. The third-order valence-electron chi connectivity index (χ3n) is 3.79. The first-order chi connectivity index (χ1) is 13.0. The van der Waals surface area contributed by atoms with Crippen molar-refractivity contribution >= 4 is 46.6 Å². The van der Waals surface area contributed by atoms with E-state index in [1.54, 1.807) is 31.3 Å². The molecule has 2 aromatic heterocycles. The lowest BCUT2D eigenvalue weighted by molar-refractivity contribution is -0.115. The number of hydrogen-bond acceptors (Lipinski definition) is 5. The maximum Gasteiger partial charge on any atom is 0.237 e. The van der Waals surface area contributed by atoms with E-state index >= 15 is 0 Å². The molecule has 0 aliphatic carbocycles. The predicted molar refractivity (Wildman–Crippen MR) is 109 cm³/mol. The van der Waals surface area contributed by atoms with E-state index in [1.165, 1.54) is 11.8 Å². The molecule has 1 N–H and O–H groups in total. The van der Waals surface area contributed by atoms with Gasteiger partial charge in [-0.05, 0) is 38.1 Å². The molecule has 0 saturated heterocycles. The van der Waals surface area contributed by atoms with Crippen molar-refractivity contribution in [3.63, 3.8) is 0 Å². The lowest BCUT2D eigenvalue weighted by atomic mass is 10.3. The minimum absolute atomic E-state index is 0.200. The molecule has 1 atom stereocenters. The third kappa shape index (κ3) is 4.43. The molecule has 3 rings (SSSR count). The van der Waals surface area contributed by atoms with Crippen LogP contribution in [0.5, 0.6) is 0 Å². The van der Waals surface area contributed by atoms with Gasteiger partial charge in [0.1, 0.15) is 5.69 Å². The molecule has 1 amide bonds. The summed E-state index contributed by atoms with van der Waals surface area (Å²) in [5, 5.41) is 12.2. The van der Waals surface area contributed by atoms with Gasteiger partial charge in [-0.25, -0.2) is 0 Å². The number of halogens is 2. The van der Waals surface area contributed by atoms with Crippen molar-refractivity contribution in [1.82, 2.24) is 19.7 Å². The fraction of sp³-hybridized carbons (Fsp3) is 0.222. The first-order valence-corrected chi connectivity index (χ1v) is 9.91. The third-order valence-corrected chi connectivity index (χ3v) is 5.69. The molecule has 0 radical (unpaired) electrons. The van der Waals surface area contributed by atoms with E-state index in [4.69, 9.17) is 23.2 Å². The number of amides is 1. The van der Waals surface area contributed by atoms with Gasteiger partial charge in [0, 0.05) is 12.7 Å². The minimum Gasteiger partial charge on any atom is -0.324 e. The van der Waals surface area contributed by atoms with Crippen LogP contribution < -0.4 is 5.32 Å². The molecule has 3 aromatic rings. The van der Waals surface area contributed by atoms with Crippen LogP contribution >= 0.6 is 35.0 Å². The number of nitrogens with one attached hydrogen (secondary N) is 1. The molecule has 1 unspecified atom stereocenters. The second kappa shape index (κ2) is 8.73. The molecule has 27 heavy (non-hydrogen) atoms. The van der Waals surface area contributed by atoms with Crippen molar-refractivity contribution in [1.29, 1.82) is 0 Å². The zero-order valence-electron chi connectivity index (χ0n) is 14.7. The molecule has 1 aromatic carbocycles. The molecule has 0 aliphatic rings. The van der Waals surface area contributed by atoms with Crippen LogP contribution in [0.15, 0.2) is 47.8 Å². The van der Waals surface area contributed by atoms with Crippen LogP contribution in [-0.4, -0.2) is 30.9 Å². The lowest BCUT2D eigenvalue weighted by Crippen LogP contribution is -2.23. The first kappa shape index (κ1) is 19.7. The van der Waals surface area contributed by atoms with Gasteiger partial charge >= 0.3 is 0 Å². The monoisotopic (exact) mass is 421 g/mol. The highest BCUT2D eigenvalue weighted by Crippen LogP contribution is 2.31. The fourth-order valence-electron chi connectivity index (χ4n) is 2.39. The quantitative estimate of drug-likeness (QED) is 0.579. The molecule has 9 heteroatoms. The molecule has 140 valence electrons. The summed E-state index contributed by atoms with van der Waals surface area (Å²) < 4.78 is 1.93. The smallest absolute Gasteiger partial charge is 0.237 e. The maximum atomic E-state index is 12.6. The summed E-state index contributed by atoms with van der Waals surface area (Å²) in [4.78, 5) is 16.9. The van der Waals surface area contributed by atoms with Crippen molar-refractivity contribution in [3.8, 4) is 11.5 Å². The van der Waals surface area contributed by atoms with E-state index in [0.717, 1.165) is 5.69 Å². The number of carbonyl (C=O) groups is 1. The standard InChI is InChI=1S/C18H17Cl2N5OS/c1-3-25-16(14-8-4-5-10-21-14)23-24-18(25)27-11(2)17(26)22-13-9-6-7-12(19)15(13)20/h4-11H,3H2,1-2H3,(H,22,26). The number of rotatable bonds is 6. The Morgan fingerprint density at radius 1 is 1.22 bits per heavy atom. The van der Waals surface area contributed by atoms with Crippen LogP contribution in [0, 0.1) is 0 Å². The summed E-state index contributed by atoms with van der Waals surface area (Å²) in [6, 6.07) is 10.7. The van der Waals surface area contributed by atoms with E-state index in [2.05, 4.69) is 20.5 Å². The molecule has 2 heterocycles. The second-order valence-electron chi connectivity index (χ2n) is 5.62. The molecule has 0 spiro atoms. The number of pyridine rings is 1. The van der Waals surface area contributed by atoms with E-state index in [0.29, 0.717) is 33.3 Å². The van der Waals surface area contributed by atoms with Crippen LogP contribution in [0.25, 0.3) is 11.5 Å². The Morgan fingerprint density at radius 3 is 2.74 bits per heavy atom. The molecule has 0 fully saturated rings. The van der Waals surface area contributed by atoms with E-state index < -0.39 is 5.25 Å². The van der Waals surface area contributed by atoms with E-state index in [1.807, 2.05) is 29.7 Å². The van der Waals surface area contributed by atoms with E-state index in [-0.39, 0.29) is 5.91 Å². The number of anilines is 1. The largest absolute Gasteiger partial charge is 0.324 e. The van der Waals surface area contributed by atoms with Crippen LogP contribution in [0.1, 0.15) is 13.8 Å². The highest BCUT2D eigenvalue weighted by molar-refractivity contribution is 8.00. The highest BCUT2D eigenvalue weighted by Gasteiger charge is 2.21. The summed E-state index contributed by atoms with van der Waals surface area (Å²) >= 11 is 13.4. The predicted octanol–water partition coefficient (Wildman–Crippen LogP) is 4.79. The number of benzene rings is 1. The average molecular weight is 422 g/mol. The molecule has 6 nitrogen and oxygen atoms in total. The van der Waals surface area contributed by atoms with Crippen molar-refractivity contribution in [2.75, 3.05) is 5.32 Å². The van der Waals surface area contributed by atoms with Gasteiger partial charge < -0.3 is 9.88 Å². The van der Waals surface area contributed by atoms with Crippen molar-refractivity contribution in [2.45, 2.75) is 30.8 Å². The summed E-state index contributed by atoms with van der Waals surface area (Å²) in [5.74, 6) is 0.472. The highest BCUT2D eigenvalue weighted by atomic mass is 35.5. The Morgan fingerprint density at radius 2 is 2.04 bits per heavy atom. The SMILES string of the molecule is CCn1c(SC(C)C(=O)Nc2cccc(Cl)c2Cl)nnc1-c1ccccn1. The zero-order chi connectivity index (χ0) is 19.4. The van der Waals surface area contributed by atoms with Crippen LogP contribution in [-0.2, 0) is 11.3 Å². The Kier molecular flexibility index (Phi) is 6.36. The van der Waals surface area contributed by atoms with Gasteiger partial charge in [-0.1, -0.05) is 47.1 Å². The Labute approximate surface area is 171 Å². The number of hydrogen-bond donors (Lipinski definition) is 1. The number of aromatic nitrogens is 4. The van der Waals surface area contributed by atoms with Crippen LogP contribution in [0.4, 0.5) is 5.69 Å². The lowest BCUT2D eigenvalue weighted by Gasteiger charge is -2.13. The summed E-state index contributed by atoms with van der Waals surface area (Å²) in [6.07, 6.45) is 1.71. The van der Waals surface area contributed by atoms with Gasteiger partial charge in [-0.3, -0.25) is 9.78 Å². The van der Waals surface area contributed by atoms with Crippen molar-refractivity contribution in [2.24, 2.45) is 0 Å². The normalized spacial score (nSPS) is 12.0. The number of nitrogens with zero attached hydrogens (tertiary/aromatic N) is 4. The average Bonchev–Trinajstić information content (AvgIpc) is 3.08. The van der Waals surface area contributed by atoms with Crippen LogP contribution in [0.2, 0.25) is 10.0 Å². The number of thioether (sulfide) groups is 1. The van der Waals surface area contributed by atoms with Crippen molar-refractivity contribution in [3.05, 3.63) is 52.6 Å². The van der Waals surface area contributed by atoms with E-state index in [9.17, 15) is 4.79 Å². The van der Waals surface area contributed by atoms with Gasteiger partial charge in [-0.15, -0.1) is 10.2 Å². The van der Waals surface area contributed by atoms with Gasteiger partial charge in [0.15, 0.2) is 11.0 Å². The fourth-order valence-corrected chi connectivity index (χ4v) is 3.65. The van der Waals surface area contributed by atoms with Gasteiger partial charge in [-0.2, -0.15) is 0 Å². The van der Waals surface area contributed by atoms with Gasteiger partial charge in [0.25, 0.3) is 0 Å². The molecule has 0 bridgehead atoms. The van der Waals surface area contributed by atoms with Crippen molar-refractivity contribution < 1.29 is 4.79 Å². The molecule has 0 saturated carbocycles. The number of carbonyl (C=O) groups excluding carboxylic acids is 1. The Balaban J connectivity index is 1.76. The minimum atomic E-state index is -0.411. The molecular formula is C18H17Cl2N5OS. The second-order valence-corrected chi connectivity index (χ2v) is 7.71. The summed E-state index contributed by atoms with van der Waals surface area (Å²) in [7, 11) is 0. The van der Waals surface area contributed by atoms with Gasteiger partial charge in [0.2, 0.25) is 5.91 Å². The Hall–Kier alpha value is -2.09. The maximum absolute atomic E-state index is 12.6. The topological polar surface area (TPSA) is 72.7 Å². The molecule has 0 aliphatic heterocycles. The van der Waals surface area contributed by atoms with Crippen LogP contribution in [0.3, 0.4) is 0 Å². The summed E-state index contributed by atoms with van der Waals surface area (Å²) in [6.45, 7) is 4.46. The zero-order valence-corrected chi connectivity index (χ0v) is 17.0. The first-order valence-electron chi connectivity index (χ1n) is 8.27.